The fraction of sp³-hybridized carbons (Fsp3) is 0.421. The molecule has 1 saturated heterocycles. The molecule has 162 valence electrons. The number of hydrogen-bond donors (Lipinski definition) is 2. The average molecular weight is 428 g/mol. The third-order valence-corrected chi connectivity index (χ3v) is 4.88. The minimum absolute atomic E-state index is 0.00335. The van der Waals surface area contributed by atoms with Crippen LogP contribution in [0.2, 0.25) is 0 Å². The maximum Gasteiger partial charge on any atom is 0.412 e. The number of methoxy groups -OCH3 is 1. The van der Waals surface area contributed by atoms with E-state index in [1.54, 1.807) is 0 Å². The highest BCUT2D eigenvalue weighted by atomic mass is 19.4. The highest BCUT2D eigenvalue weighted by molar-refractivity contribution is 5.84. The molecule has 1 amide bonds. The van der Waals surface area contributed by atoms with Crippen LogP contribution in [0, 0.1) is 0 Å². The van der Waals surface area contributed by atoms with E-state index in [-0.39, 0.29) is 41.3 Å². The minimum Gasteiger partial charge on any atom is -0.453 e. The van der Waals surface area contributed by atoms with Crippen LogP contribution in [0.4, 0.5) is 34.0 Å². The first-order valence-corrected chi connectivity index (χ1v) is 9.21. The molecule has 0 spiro atoms. The summed E-state index contributed by atoms with van der Waals surface area (Å²) in [5, 5.41) is 2.33. The number of amides is 1. The summed E-state index contributed by atoms with van der Waals surface area (Å²) in [6, 6.07) is 2.16. The van der Waals surface area contributed by atoms with E-state index in [1.807, 2.05) is 0 Å². The van der Waals surface area contributed by atoms with Gasteiger partial charge in [0.05, 0.1) is 7.11 Å². The molecule has 1 aliphatic rings. The first kappa shape index (κ1) is 21.6. The summed E-state index contributed by atoms with van der Waals surface area (Å²) in [6.07, 6.45) is -3.16. The largest absolute Gasteiger partial charge is 0.453 e. The Labute approximate surface area is 169 Å². The van der Waals surface area contributed by atoms with Crippen LogP contribution in [0.3, 0.4) is 0 Å². The van der Waals surface area contributed by atoms with Gasteiger partial charge in [0.1, 0.15) is 24.4 Å². The second-order valence-corrected chi connectivity index (χ2v) is 6.84. The number of carbonyl (C=O) groups excluding carboxylic acids is 1. The summed E-state index contributed by atoms with van der Waals surface area (Å²) in [6.45, 7) is -0.789. The predicted octanol–water partition coefficient (Wildman–Crippen LogP) is 4.01. The molecule has 0 radical (unpaired) electrons. The molecular weight excluding hydrogens is 408 g/mol. The predicted molar refractivity (Wildman–Crippen MR) is 102 cm³/mol. The molecule has 1 atom stereocenters. The normalized spacial score (nSPS) is 17.0. The lowest BCUT2D eigenvalue weighted by atomic mass is 10.00. The summed E-state index contributed by atoms with van der Waals surface area (Å²) in [5.41, 5.74) is -0.0684. The van der Waals surface area contributed by atoms with Crippen LogP contribution in [0.15, 0.2) is 29.2 Å². The van der Waals surface area contributed by atoms with Crippen molar-refractivity contribution in [2.24, 2.45) is 0 Å². The second-order valence-electron chi connectivity index (χ2n) is 6.84. The van der Waals surface area contributed by atoms with Gasteiger partial charge in [-0.3, -0.25) is 10.1 Å². The van der Waals surface area contributed by atoms with Crippen molar-refractivity contribution in [3.63, 3.8) is 0 Å². The zero-order chi connectivity index (χ0) is 21.9. The number of nitrogens with one attached hydrogen (secondary N) is 2. The van der Waals surface area contributed by atoms with Gasteiger partial charge in [-0.1, -0.05) is 0 Å². The number of carbonyl (C=O) groups is 1. The number of pyridine rings is 2. The number of anilines is 2. The Bertz CT molecular complexity index is 977. The van der Waals surface area contributed by atoms with E-state index in [9.17, 15) is 27.2 Å². The Balaban J connectivity index is 2.06. The third-order valence-electron chi connectivity index (χ3n) is 4.88. The van der Waals surface area contributed by atoms with Crippen LogP contribution in [-0.2, 0) is 11.4 Å². The number of piperidine rings is 1. The lowest BCUT2D eigenvalue weighted by molar-refractivity contribution is -0.152. The van der Waals surface area contributed by atoms with Crippen molar-refractivity contribution in [3.8, 4) is 11.1 Å². The van der Waals surface area contributed by atoms with E-state index in [1.165, 1.54) is 18.3 Å². The highest BCUT2D eigenvalue weighted by Gasteiger charge is 2.45. The molecule has 2 aromatic heterocycles. The van der Waals surface area contributed by atoms with Gasteiger partial charge in [0, 0.05) is 24.4 Å². The van der Waals surface area contributed by atoms with Gasteiger partial charge >= 0.3 is 12.3 Å². The Kier molecular flexibility index (Phi) is 6.28. The Morgan fingerprint density at radius 3 is 2.77 bits per heavy atom. The molecule has 0 aromatic carbocycles. The summed E-state index contributed by atoms with van der Waals surface area (Å²) < 4.78 is 58.4. The van der Waals surface area contributed by atoms with Crippen molar-refractivity contribution < 1.29 is 27.1 Å². The fourth-order valence-corrected chi connectivity index (χ4v) is 3.48. The van der Waals surface area contributed by atoms with Crippen molar-refractivity contribution in [2.45, 2.75) is 38.2 Å². The molecule has 2 N–H and O–H groups in total. The molecule has 0 unspecified atom stereocenters. The Hall–Kier alpha value is -3.11. The number of alkyl halides is 4. The number of rotatable bonds is 4. The summed E-state index contributed by atoms with van der Waals surface area (Å²) in [7, 11) is 1.16. The summed E-state index contributed by atoms with van der Waals surface area (Å²) >= 11 is 0. The van der Waals surface area contributed by atoms with Crippen LogP contribution in [0.5, 0.6) is 0 Å². The maximum absolute atomic E-state index is 13.5. The number of H-pyrrole nitrogens is 1. The molecule has 30 heavy (non-hydrogen) atoms. The van der Waals surface area contributed by atoms with Crippen molar-refractivity contribution >= 4 is 17.7 Å². The molecule has 1 fully saturated rings. The number of ether oxygens (including phenoxy) is 1. The van der Waals surface area contributed by atoms with Gasteiger partial charge in [-0.05, 0) is 42.5 Å². The number of nitrogens with zero attached hydrogens (tertiary/aromatic N) is 2. The van der Waals surface area contributed by atoms with Crippen molar-refractivity contribution in [1.82, 2.24) is 9.97 Å². The lowest BCUT2D eigenvalue weighted by Crippen LogP contribution is -2.49. The van der Waals surface area contributed by atoms with E-state index in [0.29, 0.717) is 12.8 Å². The standard InChI is InChI=1S/C19H20F4N4O3/c1-30-18(29)25-15-8-13(12(9-20)10-24-15)11-6-16(26-17(28)7-11)27-5-3-2-4-14(27)19(21,22)23/h6-8,10,14H,2-5,9H2,1H3,(H,26,28)(H,24,25,29)/t14-/m1/s1. The van der Waals surface area contributed by atoms with Crippen LogP contribution < -0.4 is 15.8 Å². The van der Waals surface area contributed by atoms with Crippen LogP contribution in [0.25, 0.3) is 11.1 Å². The second kappa shape index (κ2) is 8.72. The quantitative estimate of drug-likeness (QED) is 0.719. The molecule has 1 aliphatic heterocycles. The lowest BCUT2D eigenvalue weighted by Gasteiger charge is -2.38. The van der Waals surface area contributed by atoms with Gasteiger partial charge in [-0.2, -0.15) is 13.2 Å². The topological polar surface area (TPSA) is 87.3 Å². The first-order valence-electron chi connectivity index (χ1n) is 9.21. The number of halogens is 4. The molecular formula is C19H20F4N4O3. The zero-order valence-electron chi connectivity index (χ0n) is 16.1. The van der Waals surface area contributed by atoms with Crippen molar-refractivity contribution in [3.05, 3.63) is 40.3 Å². The van der Waals surface area contributed by atoms with Gasteiger partial charge in [-0.25, -0.2) is 14.2 Å². The number of hydrogen-bond acceptors (Lipinski definition) is 5. The molecule has 2 aromatic rings. The van der Waals surface area contributed by atoms with Gasteiger partial charge < -0.3 is 14.6 Å². The van der Waals surface area contributed by atoms with Gasteiger partial charge in [0.25, 0.3) is 0 Å². The third kappa shape index (κ3) is 4.71. The molecule has 0 saturated carbocycles. The molecule has 0 aliphatic carbocycles. The summed E-state index contributed by atoms with van der Waals surface area (Å²) in [4.78, 5) is 31.1. The van der Waals surface area contributed by atoms with Crippen LogP contribution in [0.1, 0.15) is 24.8 Å². The summed E-state index contributed by atoms with van der Waals surface area (Å²) in [5.74, 6) is 0.0469. The SMILES string of the molecule is COC(=O)Nc1cc(-c2cc(N3CCCC[C@@H]3C(F)(F)F)[nH]c(=O)c2)c(CF)cn1. The van der Waals surface area contributed by atoms with Gasteiger partial charge in [0.15, 0.2) is 0 Å². The molecule has 7 nitrogen and oxygen atoms in total. The zero-order valence-corrected chi connectivity index (χ0v) is 16.1. The van der Waals surface area contributed by atoms with Crippen molar-refractivity contribution in [2.75, 3.05) is 23.9 Å². The monoisotopic (exact) mass is 428 g/mol. The number of aromatic nitrogens is 2. The number of aromatic amines is 1. The molecule has 0 bridgehead atoms. The maximum atomic E-state index is 13.5. The van der Waals surface area contributed by atoms with Crippen LogP contribution >= 0.6 is 0 Å². The first-order chi connectivity index (χ1) is 14.2. The van der Waals surface area contributed by atoms with E-state index in [0.717, 1.165) is 18.1 Å². The average Bonchev–Trinajstić information content (AvgIpc) is 2.72. The minimum atomic E-state index is -4.45. The van der Waals surface area contributed by atoms with E-state index < -0.39 is 30.5 Å². The smallest absolute Gasteiger partial charge is 0.412 e. The van der Waals surface area contributed by atoms with E-state index in [2.05, 4.69) is 20.0 Å². The molecule has 11 heteroatoms. The van der Waals surface area contributed by atoms with Gasteiger partial charge in [-0.15, -0.1) is 0 Å². The Morgan fingerprint density at radius 2 is 2.10 bits per heavy atom. The Morgan fingerprint density at radius 1 is 1.33 bits per heavy atom. The molecule has 3 rings (SSSR count). The fourth-order valence-electron chi connectivity index (χ4n) is 3.48. The van der Waals surface area contributed by atoms with Crippen LogP contribution in [-0.4, -0.2) is 41.9 Å². The van der Waals surface area contributed by atoms with Gasteiger partial charge in [0.2, 0.25) is 5.56 Å². The van der Waals surface area contributed by atoms with E-state index >= 15 is 0 Å². The highest BCUT2D eigenvalue weighted by Crippen LogP contribution is 2.35. The van der Waals surface area contributed by atoms with E-state index in [4.69, 9.17) is 0 Å². The molecule has 3 heterocycles. The van der Waals surface area contributed by atoms with Crippen molar-refractivity contribution in [1.29, 1.82) is 0 Å².